The Hall–Kier alpha value is -1.49. The Balaban J connectivity index is 1.94. The van der Waals surface area contributed by atoms with Crippen molar-refractivity contribution in [1.82, 2.24) is 0 Å². The molecule has 0 spiro atoms. The molecule has 1 atom stereocenters. The molecular formula is C16H14ClNOS2. The third-order valence-electron chi connectivity index (χ3n) is 3.21. The minimum absolute atomic E-state index is 0.0754. The minimum atomic E-state index is 0.0754. The van der Waals surface area contributed by atoms with Crippen molar-refractivity contribution >= 4 is 40.0 Å². The van der Waals surface area contributed by atoms with Crippen LogP contribution in [-0.2, 0) is 0 Å². The number of phenols is 1. The van der Waals surface area contributed by atoms with Crippen LogP contribution in [0.4, 0.5) is 5.69 Å². The summed E-state index contributed by atoms with van der Waals surface area (Å²) in [5.41, 5.74) is 1.84. The zero-order chi connectivity index (χ0) is 14.8. The summed E-state index contributed by atoms with van der Waals surface area (Å²) in [7, 11) is 0. The van der Waals surface area contributed by atoms with Crippen LogP contribution in [0.1, 0.15) is 21.4 Å². The molecule has 3 rings (SSSR count). The molecule has 0 aliphatic heterocycles. The van der Waals surface area contributed by atoms with Gasteiger partial charge in [-0.3, -0.25) is 0 Å². The van der Waals surface area contributed by atoms with Crippen LogP contribution in [0.25, 0.3) is 0 Å². The summed E-state index contributed by atoms with van der Waals surface area (Å²) < 4.78 is 0.787. The first-order valence-corrected chi connectivity index (χ1v) is 8.55. The van der Waals surface area contributed by atoms with Crippen LogP contribution < -0.4 is 5.32 Å². The smallest absolute Gasteiger partial charge is 0.118 e. The molecule has 2 nitrogen and oxygen atoms in total. The van der Waals surface area contributed by atoms with Crippen molar-refractivity contribution < 1.29 is 5.11 Å². The molecule has 21 heavy (non-hydrogen) atoms. The number of aromatic hydroxyl groups is 1. The lowest BCUT2D eigenvalue weighted by molar-refractivity contribution is 0.471. The lowest BCUT2D eigenvalue weighted by atomic mass is 10.1. The van der Waals surface area contributed by atoms with Crippen molar-refractivity contribution in [2.45, 2.75) is 13.0 Å². The van der Waals surface area contributed by atoms with Crippen LogP contribution in [-0.4, -0.2) is 5.11 Å². The largest absolute Gasteiger partial charge is 0.508 e. The predicted molar refractivity (Wildman–Crippen MR) is 92.0 cm³/mol. The van der Waals surface area contributed by atoms with E-state index in [1.54, 1.807) is 28.7 Å². The molecular weight excluding hydrogens is 322 g/mol. The number of benzene rings is 1. The summed E-state index contributed by atoms with van der Waals surface area (Å²) in [6, 6.07) is 13.8. The molecule has 1 aromatic carbocycles. The quantitative estimate of drug-likeness (QED) is 0.601. The molecule has 5 heteroatoms. The number of rotatable bonds is 4. The van der Waals surface area contributed by atoms with E-state index >= 15 is 0 Å². The Morgan fingerprint density at radius 1 is 1.14 bits per heavy atom. The summed E-state index contributed by atoms with van der Waals surface area (Å²) in [5.74, 6) is 0.312. The first-order valence-electron chi connectivity index (χ1n) is 6.48. The van der Waals surface area contributed by atoms with Crippen LogP contribution in [0, 0.1) is 6.92 Å². The van der Waals surface area contributed by atoms with Gasteiger partial charge in [-0.1, -0.05) is 17.7 Å². The van der Waals surface area contributed by atoms with Crippen molar-refractivity contribution in [1.29, 1.82) is 0 Å². The number of aryl methyl sites for hydroxylation is 1. The normalized spacial score (nSPS) is 12.3. The number of hydrogen-bond donors (Lipinski definition) is 2. The highest BCUT2D eigenvalue weighted by atomic mass is 35.5. The average Bonchev–Trinajstić information content (AvgIpc) is 3.11. The molecule has 0 aliphatic carbocycles. The second-order valence-electron chi connectivity index (χ2n) is 4.74. The fraction of sp³-hybridized carbons (Fsp3) is 0.125. The molecule has 0 saturated carbocycles. The van der Waals surface area contributed by atoms with E-state index in [0.29, 0.717) is 5.75 Å². The fourth-order valence-electron chi connectivity index (χ4n) is 2.13. The summed E-state index contributed by atoms with van der Waals surface area (Å²) >= 11 is 9.37. The average molecular weight is 336 g/mol. The van der Waals surface area contributed by atoms with Gasteiger partial charge in [0.15, 0.2) is 0 Å². The van der Waals surface area contributed by atoms with Crippen molar-refractivity contribution in [3.8, 4) is 5.75 Å². The molecule has 0 amide bonds. The van der Waals surface area contributed by atoms with E-state index in [0.717, 1.165) is 15.6 Å². The van der Waals surface area contributed by atoms with Gasteiger partial charge in [-0.25, -0.2) is 0 Å². The van der Waals surface area contributed by atoms with Crippen LogP contribution in [0.15, 0.2) is 47.8 Å². The predicted octanol–water partition coefficient (Wildman–Crippen LogP) is 5.68. The number of anilines is 1. The summed E-state index contributed by atoms with van der Waals surface area (Å²) in [5, 5.41) is 15.2. The van der Waals surface area contributed by atoms with Crippen LogP contribution in [0.3, 0.4) is 0 Å². The van der Waals surface area contributed by atoms with Crippen molar-refractivity contribution in [2.24, 2.45) is 0 Å². The van der Waals surface area contributed by atoms with Gasteiger partial charge in [0.25, 0.3) is 0 Å². The third kappa shape index (κ3) is 3.23. The fourth-order valence-corrected chi connectivity index (χ4v) is 4.13. The Kier molecular flexibility index (Phi) is 4.19. The van der Waals surface area contributed by atoms with Crippen LogP contribution in [0.5, 0.6) is 5.75 Å². The number of halogens is 1. The third-order valence-corrected chi connectivity index (χ3v) is 5.45. The number of thiophene rings is 2. The Labute approximate surface area is 136 Å². The van der Waals surface area contributed by atoms with Crippen LogP contribution in [0.2, 0.25) is 4.34 Å². The molecule has 1 unspecified atom stereocenters. The molecule has 0 bridgehead atoms. The van der Waals surface area contributed by atoms with E-state index in [1.165, 1.54) is 9.75 Å². The maximum Gasteiger partial charge on any atom is 0.118 e. The van der Waals surface area contributed by atoms with E-state index in [-0.39, 0.29) is 6.04 Å². The lowest BCUT2D eigenvalue weighted by Gasteiger charge is -2.18. The van der Waals surface area contributed by atoms with Crippen molar-refractivity contribution in [2.75, 3.05) is 5.32 Å². The number of nitrogens with one attached hydrogen (secondary N) is 1. The Bertz CT molecular complexity index is 737. The molecule has 0 fully saturated rings. The Morgan fingerprint density at radius 2 is 2.00 bits per heavy atom. The highest BCUT2D eigenvalue weighted by molar-refractivity contribution is 7.16. The van der Waals surface area contributed by atoms with Crippen LogP contribution >= 0.6 is 34.3 Å². The number of phenolic OH excluding ortho intramolecular Hbond substituents is 1. The standard InChI is InChI=1S/C16H14ClNOS2/c1-10-9-11(4-5-12(10)19)18-16(13-3-2-8-20-13)14-6-7-15(17)21-14/h2-9,16,18-19H,1H3. The van der Waals surface area contributed by atoms with Gasteiger partial charge in [-0.15, -0.1) is 22.7 Å². The Morgan fingerprint density at radius 3 is 2.62 bits per heavy atom. The van der Waals surface area contributed by atoms with Gasteiger partial charge in [0.05, 0.1) is 10.4 Å². The van der Waals surface area contributed by atoms with Gasteiger partial charge >= 0.3 is 0 Å². The minimum Gasteiger partial charge on any atom is -0.508 e. The zero-order valence-corrected chi connectivity index (χ0v) is 13.7. The monoisotopic (exact) mass is 335 g/mol. The van der Waals surface area contributed by atoms with E-state index in [2.05, 4.69) is 22.8 Å². The summed E-state index contributed by atoms with van der Waals surface area (Å²) in [6.45, 7) is 1.89. The maximum atomic E-state index is 9.64. The molecule has 2 N–H and O–H groups in total. The molecule has 0 saturated heterocycles. The van der Waals surface area contributed by atoms with Gasteiger partial charge in [-0.05, 0) is 54.3 Å². The maximum absolute atomic E-state index is 9.64. The highest BCUT2D eigenvalue weighted by Crippen LogP contribution is 2.36. The van der Waals surface area contributed by atoms with E-state index in [4.69, 9.17) is 11.6 Å². The van der Waals surface area contributed by atoms with E-state index < -0.39 is 0 Å². The summed E-state index contributed by atoms with van der Waals surface area (Å²) in [4.78, 5) is 2.41. The molecule has 108 valence electrons. The van der Waals surface area contributed by atoms with Gasteiger partial charge in [0, 0.05) is 15.4 Å². The summed E-state index contributed by atoms with van der Waals surface area (Å²) in [6.07, 6.45) is 0. The van der Waals surface area contributed by atoms with Gasteiger partial charge in [-0.2, -0.15) is 0 Å². The zero-order valence-electron chi connectivity index (χ0n) is 11.3. The van der Waals surface area contributed by atoms with Gasteiger partial charge in [0.1, 0.15) is 5.75 Å². The molecule has 0 aliphatic rings. The SMILES string of the molecule is Cc1cc(NC(c2cccs2)c2ccc(Cl)s2)ccc1O. The topological polar surface area (TPSA) is 32.3 Å². The molecule has 3 aromatic rings. The molecule has 0 radical (unpaired) electrons. The first-order chi connectivity index (χ1) is 10.1. The second kappa shape index (κ2) is 6.10. The molecule has 2 aromatic heterocycles. The second-order valence-corrected chi connectivity index (χ2v) is 7.46. The molecule has 2 heterocycles. The van der Waals surface area contributed by atoms with E-state index in [1.807, 2.05) is 31.2 Å². The van der Waals surface area contributed by atoms with Crippen molar-refractivity contribution in [3.05, 3.63) is 67.5 Å². The van der Waals surface area contributed by atoms with Crippen molar-refractivity contribution in [3.63, 3.8) is 0 Å². The first kappa shape index (κ1) is 14.4. The van der Waals surface area contributed by atoms with E-state index in [9.17, 15) is 5.11 Å². The number of hydrogen-bond acceptors (Lipinski definition) is 4. The lowest BCUT2D eigenvalue weighted by Crippen LogP contribution is -2.09. The van der Waals surface area contributed by atoms with Gasteiger partial charge in [0.2, 0.25) is 0 Å². The van der Waals surface area contributed by atoms with Gasteiger partial charge < -0.3 is 10.4 Å². The highest BCUT2D eigenvalue weighted by Gasteiger charge is 2.17.